The summed E-state index contributed by atoms with van der Waals surface area (Å²) in [5, 5.41) is 9.24. The lowest BCUT2D eigenvalue weighted by atomic mass is 9.82. The van der Waals surface area contributed by atoms with E-state index in [1.165, 1.54) is 0 Å². The van der Waals surface area contributed by atoms with Crippen LogP contribution in [0.3, 0.4) is 0 Å². The minimum Gasteiger partial charge on any atom is -0.397 e. The summed E-state index contributed by atoms with van der Waals surface area (Å²) in [6, 6.07) is 1.66. The van der Waals surface area contributed by atoms with Crippen LogP contribution >= 0.6 is 0 Å². The Morgan fingerprint density at radius 2 is 2.28 bits per heavy atom. The first kappa shape index (κ1) is 12.8. The van der Waals surface area contributed by atoms with E-state index in [0.717, 1.165) is 12.8 Å². The number of nitrogens with zero attached hydrogens (tertiary/aromatic N) is 2. The van der Waals surface area contributed by atoms with Crippen LogP contribution in [-0.2, 0) is 0 Å². The molecule has 3 N–H and O–H groups in total. The molecule has 0 aliphatic heterocycles. The highest BCUT2D eigenvalue weighted by Gasteiger charge is 2.29. The summed E-state index contributed by atoms with van der Waals surface area (Å²) in [4.78, 5) is 18.0. The zero-order chi connectivity index (χ0) is 13.3. The molecular weight excluding hydrogens is 230 g/mol. The summed E-state index contributed by atoms with van der Waals surface area (Å²) in [7, 11) is 1.77. The summed E-state index contributed by atoms with van der Waals surface area (Å²) >= 11 is 0. The number of rotatable bonds is 3. The van der Waals surface area contributed by atoms with Crippen LogP contribution in [0.1, 0.15) is 28.9 Å². The SMILES string of the molecule is Cc1ncc(N)cc1C(=O)N(C)CC1CC(O)C1. The molecule has 0 saturated heterocycles. The number of pyridine rings is 1. The maximum Gasteiger partial charge on any atom is 0.255 e. The van der Waals surface area contributed by atoms with Crippen molar-refractivity contribution in [3.63, 3.8) is 0 Å². The largest absolute Gasteiger partial charge is 0.397 e. The molecular formula is C13H19N3O2. The first-order chi connectivity index (χ1) is 8.47. The number of anilines is 1. The summed E-state index contributed by atoms with van der Waals surface area (Å²) in [5.74, 6) is 0.344. The van der Waals surface area contributed by atoms with Crippen molar-refractivity contribution in [2.24, 2.45) is 5.92 Å². The summed E-state index contributed by atoms with van der Waals surface area (Å²) in [6.45, 7) is 2.47. The number of nitrogens with two attached hydrogens (primary N) is 1. The van der Waals surface area contributed by atoms with E-state index in [0.29, 0.717) is 29.4 Å². The van der Waals surface area contributed by atoms with Crippen molar-refractivity contribution < 1.29 is 9.90 Å². The molecule has 18 heavy (non-hydrogen) atoms. The van der Waals surface area contributed by atoms with Gasteiger partial charge in [-0.05, 0) is 31.7 Å². The standard InChI is InChI=1S/C13H19N3O2/c1-8-12(5-10(14)6-15-8)13(18)16(2)7-9-3-11(17)4-9/h5-6,9,11,17H,3-4,7,14H2,1-2H3. The van der Waals surface area contributed by atoms with E-state index in [2.05, 4.69) is 4.98 Å². The van der Waals surface area contributed by atoms with E-state index in [9.17, 15) is 9.90 Å². The molecule has 0 bridgehead atoms. The number of aromatic nitrogens is 1. The Morgan fingerprint density at radius 1 is 1.61 bits per heavy atom. The number of hydrogen-bond donors (Lipinski definition) is 2. The maximum absolute atomic E-state index is 12.2. The van der Waals surface area contributed by atoms with Crippen LogP contribution in [0.2, 0.25) is 0 Å². The van der Waals surface area contributed by atoms with Crippen molar-refractivity contribution in [3.05, 3.63) is 23.5 Å². The van der Waals surface area contributed by atoms with Gasteiger partial charge >= 0.3 is 0 Å². The molecule has 1 fully saturated rings. The first-order valence-corrected chi connectivity index (χ1v) is 6.13. The third-order valence-electron chi connectivity index (χ3n) is 3.43. The smallest absolute Gasteiger partial charge is 0.255 e. The van der Waals surface area contributed by atoms with Crippen LogP contribution < -0.4 is 5.73 Å². The molecule has 1 saturated carbocycles. The van der Waals surface area contributed by atoms with Gasteiger partial charge in [-0.3, -0.25) is 9.78 Å². The van der Waals surface area contributed by atoms with Crippen LogP contribution in [0.4, 0.5) is 5.69 Å². The molecule has 1 aliphatic rings. The van der Waals surface area contributed by atoms with Crippen LogP contribution in [0.15, 0.2) is 12.3 Å². The molecule has 1 amide bonds. The van der Waals surface area contributed by atoms with Crippen molar-refractivity contribution in [3.8, 4) is 0 Å². The quantitative estimate of drug-likeness (QED) is 0.831. The number of carbonyl (C=O) groups is 1. The zero-order valence-electron chi connectivity index (χ0n) is 10.8. The second kappa shape index (κ2) is 4.94. The van der Waals surface area contributed by atoms with Gasteiger partial charge in [0.1, 0.15) is 0 Å². The molecule has 0 spiro atoms. The van der Waals surface area contributed by atoms with Crippen LogP contribution in [0.25, 0.3) is 0 Å². The monoisotopic (exact) mass is 249 g/mol. The highest BCUT2D eigenvalue weighted by Crippen LogP contribution is 2.28. The van der Waals surface area contributed by atoms with Crippen molar-refractivity contribution in [2.75, 3.05) is 19.3 Å². The molecule has 98 valence electrons. The Kier molecular flexibility index (Phi) is 3.52. The van der Waals surface area contributed by atoms with Gasteiger partial charge in [0.25, 0.3) is 5.91 Å². The number of aliphatic hydroxyl groups excluding tert-OH is 1. The number of nitrogen functional groups attached to an aromatic ring is 1. The fraction of sp³-hybridized carbons (Fsp3) is 0.538. The maximum atomic E-state index is 12.2. The predicted octanol–water partition coefficient (Wildman–Crippen LogP) is 0.815. The van der Waals surface area contributed by atoms with E-state index < -0.39 is 0 Å². The summed E-state index contributed by atoms with van der Waals surface area (Å²) in [5.41, 5.74) is 7.40. The normalized spacial score (nSPS) is 22.4. The second-order valence-electron chi connectivity index (χ2n) is 5.08. The third-order valence-corrected chi connectivity index (χ3v) is 3.43. The van der Waals surface area contributed by atoms with Gasteiger partial charge in [0.05, 0.1) is 29.2 Å². The number of aryl methyl sites for hydroxylation is 1. The van der Waals surface area contributed by atoms with Gasteiger partial charge in [-0.2, -0.15) is 0 Å². The molecule has 1 heterocycles. The van der Waals surface area contributed by atoms with Crippen molar-refractivity contribution in [1.29, 1.82) is 0 Å². The first-order valence-electron chi connectivity index (χ1n) is 6.13. The average Bonchev–Trinajstić information content (AvgIpc) is 2.29. The molecule has 1 aromatic rings. The fourth-order valence-electron chi connectivity index (χ4n) is 2.29. The average molecular weight is 249 g/mol. The second-order valence-corrected chi connectivity index (χ2v) is 5.08. The predicted molar refractivity (Wildman–Crippen MR) is 69.1 cm³/mol. The molecule has 0 radical (unpaired) electrons. The van der Waals surface area contributed by atoms with Gasteiger partial charge in [-0.25, -0.2) is 0 Å². The van der Waals surface area contributed by atoms with E-state index in [1.807, 2.05) is 0 Å². The van der Waals surface area contributed by atoms with Gasteiger partial charge in [-0.1, -0.05) is 0 Å². The van der Waals surface area contributed by atoms with Gasteiger partial charge in [-0.15, -0.1) is 0 Å². The molecule has 0 aromatic carbocycles. The lowest BCUT2D eigenvalue weighted by Crippen LogP contribution is -2.39. The van der Waals surface area contributed by atoms with Crippen LogP contribution in [0.5, 0.6) is 0 Å². The lowest BCUT2D eigenvalue weighted by molar-refractivity contribution is 0.0265. The van der Waals surface area contributed by atoms with E-state index in [4.69, 9.17) is 5.73 Å². The zero-order valence-corrected chi connectivity index (χ0v) is 10.8. The van der Waals surface area contributed by atoms with Gasteiger partial charge in [0.2, 0.25) is 0 Å². The summed E-state index contributed by atoms with van der Waals surface area (Å²) in [6.07, 6.45) is 2.93. The van der Waals surface area contributed by atoms with Crippen LogP contribution in [0, 0.1) is 12.8 Å². The number of amides is 1. The molecule has 1 aromatic heterocycles. The number of aliphatic hydroxyl groups is 1. The van der Waals surface area contributed by atoms with Crippen molar-refractivity contribution >= 4 is 11.6 Å². The van der Waals surface area contributed by atoms with Gasteiger partial charge in [0.15, 0.2) is 0 Å². The van der Waals surface area contributed by atoms with E-state index in [-0.39, 0.29) is 12.0 Å². The Hall–Kier alpha value is -1.62. The summed E-state index contributed by atoms with van der Waals surface area (Å²) < 4.78 is 0. The highest BCUT2D eigenvalue weighted by molar-refractivity contribution is 5.95. The molecule has 0 unspecified atom stereocenters. The molecule has 5 heteroatoms. The van der Waals surface area contributed by atoms with Crippen molar-refractivity contribution in [2.45, 2.75) is 25.9 Å². The van der Waals surface area contributed by atoms with Crippen LogP contribution in [-0.4, -0.2) is 40.6 Å². The van der Waals surface area contributed by atoms with Crippen molar-refractivity contribution in [1.82, 2.24) is 9.88 Å². The van der Waals surface area contributed by atoms with Gasteiger partial charge in [0, 0.05) is 13.6 Å². The molecule has 5 nitrogen and oxygen atoms in total. The van der Waals surface area contributed by atoms with Gasteiger partial charge < -0.3 is 15.7 Å². The topological polar surface area (TPSA) is 79.5 Å². The fourth-order valence-corrected chi connectivity index (χ4v) is 2.29. The minimum absolute atomic E-state index is 0.0614. The highest BCUT2D eigenvalue weighted by atomic mass is 16.3. The minimum atomic E-state index is -0.186. The number of hydrogen-bond acceptors (Lipinski definition) is 4. The Bertz CT molecular complexity index is 456. The Morgan fingerprint density at radius 3 is 2.89 bits per heavy atom. The molecule has 1 aliphatic carbocycles. The third kappa shape index (κ3) is 2.61. The van der Waals surface area contributed by atoms with E-state index in [1.54, 1.807) is 31.1 Å². The Balaban J connectivity index is 2.03. The lowest BCUT2D eigenvalue weighted by Gasteiger charge is -2.34. The molecule has 2 rings (SSSR count). The number of carbonyl (C=O) groups excluding carboxylic acids is 1. The van der Waals surface area contributed by atoms with E-state index >= 15 is 0 Å². The molecule has 0 atom stereocenters. The Labute approximate surface area is 107 Å².